The van der Waals surface area contributed by atoms with Crippen molar-refractivity contribution in [3.63, 3.8) is 0 Å². The number of H-pyrrole nitrogens is 1. The van der Waals surface area contributed by atoms with Crippen LogP contribution in [0, 0.1) is 4.77 Å². The van der Waals surface area contributed by atoms with Gasteiger partial charge >= 0.3 is 0 Å². The van der Waals surface area contributed by atoms with Gasteiger partial charge in [0.05, 0.1) is 10.9 Å². The van der Waals surface area contributed by atoms with Crippen LogP contribution in [0.25, 0.3) is 10.7 Å². The number of rotatable bonds is 7. The quantitative estimate of drug-likeness (QED) is 0.492. The fraction of sp³-hybridized carbons (Fsp3) is 0.278. The van der Waals surface area contributed by atoms with E-state index in [0.29, 0.717) is 17.7 Å². The molecule has 1 amide bonds. The second-order valence-corrected chi connectivity index (χ2v) is 8.06. The third-order valence-electron chi connectivity index (χ3n) is 4.08. The average molecular weight is 451 g/mol. The highest BCUT2D eigenvalue weighted by Gasteiger charge is 2.15. The zero-order chi connectivity index (χ0) is 18.5. The first-order chi connectivity index (χ1) is 12.6. The van der Waals surface area contributed by atoms with E-state index < -0.39 is 0 Å². The third-order valence-corrected chi connectivity index (χ3v) is 5.78. The molecule has 0 radical (unpaired) electrons. The second-order valence-electron chi connectivity index (χ2n) is 5.81. The van der Waals surface area contributed by atoms with Crippen molar-refractivity contribution in [3.8, 4) is 10.7 Å². The first kappa shape index (κ1) is 19.0. The zero-order valence-electron chi connectivity index (χ0n) is 14.2. The van der Waals surface area contributed by atoms with Crippen molar-refractivity contribution in [1.82, 2.24) is 20.1 Å². The first-order valence-electron chi connectivity index (χ1n) is 8.32. The van der Waals surface area contributed by atoms with Crippen molar-refractivity contribution in [2.75, 3.05) is 0 Å². The van der Waals surface area contributed by atoms with Gasteiger partial charge < -0.3 is 5.32 Å². The summed E-state index contributed by atoms with van der Waals surface area (Å²) in [7, 11) is 0. The molecule has 8 heteroatoms. The summed E-state index contributed by atoms with van der Waals surface area (Å²) in [6.07, 6.45) is 1.18. The van der Waals surface area contributed by atoms with E-state index in [9.17, 15) is 4.79 Å². The number of aromatic nitrogens is 3. The summed E-state index contributed by atoms with van der Waals surface area (Å²) in [5.41, 5.74) is 1.10. The lowest BCUT2D eigenvalue weighted by molar-refractivity contribution is -0.122. The molecule has 0 spiro atoms. The zero-order valence-corrected chi connectivity index (χ0v) is 17.5. The number of thiophene rings is 1. The number of benzene rings is 1. The van der Waals surface area contributed by atoms with Gasteiger partial charge in [0.1, 0.15) is 0 Å². The Balaban J connectivity index is 1.65. The smallest absolute Gasteiger partial charge is 0.222 e. The predicted octanol–water partition coefficient (Wildman–Crippen LogP) is 5.09. The van der Waals surface area contributed by atoms with E-state index in [-0.39, 0.29) is 11.9 Å². The normalized spacial score (nSPS) is 12.1. The average Bonchev–Trinajstić information content (AvgIpc) is 3.28. The van der Waals surface area contributed by atoms with Gasteiger partial charge in [-0.25, -0.2) is 0 Å². The van der Waals surface area contributed by atoms with Crippen LogP contribution in [0.5, 0.6) is 0 Å². The summed E-state index contributed by atoms with van der Waals surface area (Å²) in [5.74, 6) is 0.776. The van der Waals surface area contributed by atoms with Crippen LogP contribution in [-0.4, -0.2) is 20.7 Å². The van der Waals surface area contributed by atoms with E-state index in [2.05, 4.69) is 38.4 Å². The maximum absolute atomic E-state index is 12.5. The lowest BCUT2D eigenvalue weighted by Crippen LogP contribution is -2.29. The monoisotopic (exact) mass is 450 g/mol. The summed E-state index contributed by atoms with van der Waals surface area (Å²) in [4.78, 5) is 13.5. The molecule has 0 aliphatic heterocycles. The molecule has 0 aliphatic carbocycles. The van der Waals surface area contributed by atoms with E-state index in [0.717, 1.165) is 27.2 Å². The molecule has 1 atom stereocenters. The Hall–Kier alpha value is -1.77. The molecule has 1 aromatic carbocycles. The standard InChI is InChI=1S/C18H19BrN4OS2/c1-2-14(12-5-7-13(19)8-6-12)20-16(24)9-10-23-17(21-22-18(23)25)15-4-3-11-26-15/h3-8,11,14H,2,9-10H2,1H3,(H,20,24)(H,22,25). The summed E-state index contributed by atoms with van der Waals surface area (Å²) in [6, 6.07) is 12.0. The molecule has 1 unspecified atom stereocenters. The van der Waals surface area contributed by atoms with Gasteiger partial charge in [0, 0.05) is 17.4 Å². The number of nitrogens with one attached hydrogen (secondary N) is 2. The highest BCUT2D eigenvalue weighted by Crippen LogP contribution is 2.23. The van der Waals surface area contributed by atoms with E-state index in [1.54, 1.807) is 11.3 Å². The summed E-state index contributed by atoms with van der Waals surface area (Å²) in [5, 5.41) is 12.2. The molecule has 26 heavy (non-hydrogen) atoms. The van der Waals surface area contributed by atoms with E-state index >= 15 is 0 Å². The van der Waals surface area contributed by atoms with Crippen molar-refractivity contribution >= 4 is 45.4 Å². The molecule has 3 rings (SSSR count). The number of hydrogen-bond donors (Lipinski definition) is 2. The Labute approximate surface area is 169 Å². The Morgan fingerprint density at radius 1 is 1.38 bits per heavy atom. The fourth-order valence-corrected chi connectivity index (χ4v) is 3.92. The van der Waals surface area contributed by atoms with Gasteiger partial charge in [-0.3, -0.25) is 14.5 Å². The van der Waals surface area contributed by atoms with Crippen LogP contribution in [0.3, 0.4) is 0 Å². The highest BCUT2D eigenvalue weighted by molar-refractivity contribution is 9.10. The van der Waals surface area contributed by atoms with Crippen molar-refractivity contribution in [2.24, 2.45) is 0 Å². The number of hydrogen-bond acceptors (Lipinski definition) is 4. The fourth-order valence-electron chi connectivity index (χ4n) is 2.72. The molecule has 3 aromatic rings. The minimum atomic E-state index is -0.00000154. The van der Waals surface area contributed by atoms with Gasteiger partial charge in [-0.15, -0.1) is 11.3 Å². The Bertz CT molecular complexity index is 916. The van der Waals surface area contributed by atoms with Gasteiger partial charge in [0.25, 0.3) is 0 Å². The molecular formula is C18H19BrN4OS2. The molecule has 2 heterocycles. The topological polar surface area (TPSA) is 62.7 Å². The van der Waals surface area contributed by atoms with E-state index in [1.165, 1.54) is 0 Å². The minimum absolute atomic E-state index is 0.00000154. The predicted molar refractivity (Wildman–Crippen MR) is 111 cm³/mol. The van der Waals surface area contributed by atoms with Crippen LogP contribution >= 0.6 is 39.5 Å². The van der Waals surface area contributed by atoms with E-state index in [4.69, 9.17) is 12.2 Å². The number of amides is 1. The largest absolute Gasteiger partial charge is 0.349 e. The van der Waals surface area contributed by atoms with Crippen molar-refractivity contribution < 1.29 is 4.79 Å². The lowest BCUT2D eigenvalue weighted by atomic mass is 10.0. The molecule has 2 aromatic heterocycles. The molecule has 0 saturated carbocycles. The van der Waals surface area contributed by atoms with Crippen LogP contribution in [0.4, 0.5) is 0 Å². The van der Waals surface area contributed by atoms with Crippen LogP contribution < -0.4 is 5.32 Å². The van der Waals surface area contributed by atoms with Gasteiger partial charge in [0.15, 0.2) is 10.6 Å². The molecule has 136 valence electrons. The second kappa shape index (κ2) is 8.75. The van der Waals surface area contributed by atoms with Crippen LogP contribution in [-0.2, 0) is 11.3 Å². The number of aromatic amines is 1. The third kappa shape index (κ3) is 4.49. The lowest BCUT2D eigenvalue weighted by Gasteiger charge is -2.18. The van der Waals surface area contributed by atoms with Crippen LogP contribution in [0.15, 0.2) is 46.3 Å². The molecule has 0 bridgehead atoms. The minimum Gasteiger partial charge on any atom is -0.349 e. The number of nitrogens with zero attached hydrogens (tertiary/aromatic N) is 2. The first-order valence-corrected chi connectivity index (χ1v) is 10.4. The summed E-state index contributed by atoms with van der Waals surface area (Å²) >= 11 is 10.3. The molecule has 5 nitrogen and oxygen atoms in total. The van der Waals surface area contributed by atoms with Crippen molar-refractivity contribution in [3.05, 3.63) is 56.6 Å². The SMILES string of the molecule is CCC(NC(=O)CCn1c(-c2cccs2)n[nH]c1=S)c1ccc(Br)cc1. The maximum atomic E-state index is 12.5. The maximum Gasteiger partial charge on any atom is 0.222 e. The van der Waals surface area contributed by atoms with Crippen molar-refractivity contribution in [2.45, 2.75) is 32.4 Å². The Morgan fingerprint density at radius 2 is 2.15 bits per heavy atom. The summed E-state index contributed by atoms with van der Waals surface area (Å²) in [6.45, 7) is 2.55. The van der Waals surface area contributed by atoms with Crippen molar-refractivity contribution in [1.29, 1.82) is 0 Å². The summed E-state index contributed by atoms with van der Waals surface area (Å²) < 4.78 is 3.43. The molecule has 0 saturated heterocycles. The molecule has 0 aliphatic rings. The van der Waals surface area contributed by atoms with Crippen LogP contribution in [0.2, 0.25) is 0 Å². The Kier molecular flexibility index (Phi) is 6.39. The van der Waals surface area contributed by atoms with Gasteiger partial charge in [-0.05, 0) is 47.8 Å². The highest BCUT2D eigenvalue weighted by atomic mass is 79.9. The molecular weight excluding hydrogens is 432 g/mol. The van der Waals surface area contributed by atoms with Gasteiger partial charge in [-0.2, -0.15) is 5.10 Å². The number of halogens is 1. The molecule has 0 fully saturated rings. The Morgan fingerprint density at radius 3 is 2.81 bits per heavy atom. The molecule has 2 N–H and O–H groups in total. The van der Waals surface area contributed by atoms with E-state index in [1.807, 2.05) is 46.3 Å². The van der Waals surface area contributed by atoms with Gasteiger partial charge in [0.2, 0.25) is 5.91 Å². The van der Waals surface area contributed by atoms with Gasteiger partial charge in [-0.1, -0.05) is 41.1 Å². The van der Waals surface area contributed by atoms with Crippen LogP contribution in [0.1, 0.15) is 31.4 Å². The number of carbonyl (C=O) groups is 1. The number of carbonyl (C=O) groups excluding carboxylic acids is 1.